The lowest BCUT2D eigenvalue weighted by Gasteiger charge is -2.16. The predicted molar refractivity (Wildman–Crippen MR) is 169 cm³/mol. The van der Waals surface area contributed by atoms with Gasteiger partial charge in [-0.25, -0.2) is 13.4 Å². The highest BCUT2D eigenvalue weighted by Crippen LogP contribution is 2.31. The minimum atomic E-state index is -5.77. The van der Waals surface area contributed by atoms with E-state index in [1.807, 2.05) is 42.5 Å². The standard InChI is InChI=1S/C27H21ClN6O2S.C4F6O2/c28-22-16-30-27-32-20-7-1-4-17(14-20)9-10-19-15-21(31-26(22)33-27)11-12-23(19)34-37(35,36)24-8-2-5-18-6-3-13-29-25(18)24;5-3(6,7)1(11)2(12)4(8,9)10/h1-8,11-16,34H,9-10H2,(H2,30,31,32,33);. The Kier molecular flexibility index (Phi) is 9.78. The van der Waals surface area contributed by atoms with Crippen LogP contribution in [0.1, 0.15) is 11.1 Å². The van der Waals surface area contributed by atoms with Crippen molar-refractivity contribution in [2.45, 2.75) is 30.1 Å². The van der Waals surface area contributed by atoms with Crippen molar-refractivity contribution in [2.24, 2.45) is 0 Å². The lowest BCUT2D eigenvalue weighted by Crippen LogP contribution is -2.39. The number of aryl methyl sites for hydroxylation is 2. The molecule has 0 saturated heterocycles. The van der Waals surface area contributed by atoms with E-state index in [-0.39, 0.29) is 4.90 Å². The molecule has 0 amide bonds. The summed E-state index contributed by atoms with van der Waals surface area (Å²) in [6.45, 7) is 0. The number of Topliss-reactive ketones (excluding diaryl/α,β-unsaturated/α-hetero) is 2. The van der Waals surface area contributed by atoms with Crippen molar-refractivity contribution >= 4 is 72.9 Å². The average molecular weight is 723 g/mol. The van der Waals surface area contributed by atoms with Gasteiger partial charge < -0.3 is 10.6 Å². The normalized spacial score (nSPS) is 12.9. The van der Waals surface area contributed by atoms with Crippen LogP contribution in [0.5, 0.6) is 0 Å². The zero-order valence-corrected chi connectivity index (χ0v) is 26.1. The Balaban J connectivity index is 0.000000335. The predicted octanol–water partition coefficient (Wildman–Crippen LogP) is 7.31. The van der Waals surface area contributed by atoms with Crippen LogP contribution < -0.4 is 15.4 Å². The molecule has 0 fully saturated rings. The number of carbonyl (C=O) groups is 2. The van der Waals surface area contributed by atoms with Gasteiger partial charge in [-0.2, -0.15) is 31.3 Å². The van der Waals surface area contributed by atoms with Gasteiger partial charge in [-0.15, -0.1) is 0 Å². The number of hydrogen-bond donors (Lipinski definition) is 3. The lowest BCUT2D eigenvalue weighted by atomic mass is 10.0. The molecule has 0 unspecified atom stereocenters. The van der Waals surface area contributed by atoms with Crippen molar-refractivity contribution in [3.63, 3.8) is 0 Å². The Labute approximate surface area is 278 Å². The molecule has 0 radical (unpaired) electrons. The van der Waals surface area contributed by atoms with Gasteiger partial charge in [-0.05, 0) is 66.4 Å². The van der Waals surface area contributed by atoms with Crippen LogP contribution in [0.15, 0.2) is 90.1 Å². The first-order chi connectivity index (χ1) is 23.0. The van der Waals surface area contributed by atoms with Crippen LogP contribution in [0.3, 0.4) is 0 Å². The highest BCUT2D eigenvalue weighted by molar-refractivity contribution is 7.93. The van der Waals surface area contributed by atoms with Crippen molar-refractivity contribution in [3.05, 3.63) is 101 Å². The highest BCUT2D eigenvalue weighted by Gasteiger charge is 2.54. The molecule has 18 heteroatoms. The summed E-state index contributed by atoms with van der Waals surface area (Å²) in [5.41, 5.74) is 4.41. The summed E-state index contributed by atoms with van der Waals surface area (Å²) in [6, 6.07) is 22.1. The quantitative estimate of drug-likeness (QED) is 0.129. The maximum atomic E-state index is 13.5. The summed E-state index contributed by atoms with van der Waals surface area (Å²) >= 11 is 6.35. The van der Waals surface area contributed by atoms with Gasteiger partial charge in [0.05, 0.1) is 17.4 Å². The van der Waals surface area contributed by atoms with Crippen molar-refractivity contribution in [3.8, 4) is 0 Å². The molecule has 1 aliphatic heterocycles. The van der Waals surface area contributed by atoms with Crippen LogP contribution in [-0.4, -0.2) is 47.3 Å². The first-order valence-corrected chi connectivity index (χ1v) is 15.7. The zero-order chi connectivity index (χ0) is 35.6. The third kappa shape index (κ3) is 8.42. The first-order valence-electron chi connectivity index (χ1n) is 13.9. The molecule has 3 heterocycles. The summed E-state index contributed by atoms with van der Waals surface area (Å²) in [5, 5.41) is 7.57. The second kappa shape index (κ2) is 13.7. The van der Waals surface area contributed by atoms with E-state index in [0.717, 1.165) is 27.9 Å². The molecule has 0 saturated carbocycles. The molecule has 3 aromatic carbocycles. The van der Waals surface area contributed by atoms with Gasteiger partial charge in [-0.1, -0.05) is 41.9 Å². The Morgan fingerprint density at radius 2 is 1.47 bits per heavy atom. The van der Waals surface area contributed by atoms with E-state index in [4.69, 9.17) is 11.6 Å². The van der Waals surface area contributed by atoms with Crippen LogP contribution in [0.2, 0.25) is 5.02 Å². The number of fused-ring (bicyclic) bond motifs is 7. The summed E-state index contributed by atoms with van der Waals surface area (Å²) in [6.07, 6.45) is -7.12. The van der Waals surface area contributed by atoms with Gasteiger partial charge in [0.2, 0.25) is 5.95 Å². The topological polar surface area (TPSA) is 143 Å². The molecule has 10 nitrogen and oxygen atoms in total. The molecule has 2 aromatic heterocycles. The van der Waals surface area contributed by atoms with Crippen molar-refractivity contribution in [2.75, 3.05) is 15.4 Å². The Hall–Kier alpha value is -5.29. The van der Waals surface area contributed by atoms with Gasteiger partial charge in [0.15, 0.2) is 5.82 Å². The maximum absolute atomic E-state index is 13.5. The molecule has 6 bridgehead atoms. The summed E-state index contributed by atoms with van der Waals surface area (Å²) in [5.74, 6) is -5.96. The molecule has 5 aromatic rings. The minimum absolute atomic E-state index is 0.128. The van der Waals surface area contributed by atoms with Gasteiger partial charge in [0, 0.05) is 23.0 Å². The van der Waals surface area contributed by atoms with E-state index in [1.54, 1.807) is 36.5 Å². The monoisotopic (exact) mass is 722 g/mol. The first kappa shape index (κ1) is 35.0. The van der Waals surface area contributed by atoms with Gasteiger partial charge in [0.1, 0.15) is 9.92 Å². The summed E-state index contributed by atoms with van der Waals surface area (Å²) < 4.78 is 96.8. The Morgan fingerprint density at radius 1 is 0.796 bits per heavy atom. The number of hydrogen-bond acceptors (Lipinski definition) is 9. The van der Waals surface area contributed by atoms with Gasteiger partial charge in [-0.3, -0.25) is 19.3 Å². The van der Waals surface area contributed by atoms with Crippen LogP contribution in [0, 0.1) is 0 Å². The number of aromatic nitrogens is 3. The van der Waals surface area contributed by atoms with Crippen molar-refractivity contribution < 1.29 is 44.3 Å². The third-order valence-corrected chi connectivity index (χ3v) is 8.50. The maximum Gasteiger partial charge on any atom is 0.458 e. The van der Waals surface area contributed by atoms with Crippen LogP contribution >= 0.6 is 11.6 Å². The van der Waals surface area contributed by atoms with Gasteiger partial charge in [0.25, 0.3) is 10.0 Å². The van der Waals surface area contributed by atoms with E-state index in [2.05, 4.69) is 30.3 Å². The molecule has 254 valence electrons. The average Bonchev–Trinajstić information content (AvgIpc) is 3.05. The molecule has 6 rings (SSSR count). The van der Waals surface area contributed by atoms with Gasteiger partial charge >= 0.3 is 23.9 Å². The van der Waals surface area contributed by atoms with Crippen LogP contribution in [-0.2, 0) is 32.5 Å². The van der Waals surface area contributed by atoms with E-state index in [0.29, 0.717) is 40.8 Å². The SMILES string of the molecule is O=C(C(=O)C(F)(F)F)C(F)(F)F.O=S(=O)(Nc1ccc2cc1CCc1cccc(c1)Nc1ncc(Cl)c(n1)N2)c1cccc2cccnc12. The third-order valence-electron chi connectivity index (χ3n) is 6.83. The molecule has 0 atom stereocenters. The van der Waals surface area contributed by atoms with Crippen molar-refractivity contribution in [1.82, 2.24) is 15.0 Å². The largest absolute Gasteiger partial charge is 0.458 e. The van der Waals surface area contributed by atoms with Crippen molar-refractivity contribution in [1.29, 1.82) is 0 Å². The second-order valence-electron chi connectivity index (χ2n) is 10.3. The summed E-state index contributed by atoms with van der Waals surface area (Å²) in [4.78, 5) is 32.5. The molecule has 49 heavy (non-hydrogen) atoms. The minimum Gasteiger partial charge on any atom is -0.339 e. The number of sulfonamides is 1. The summed E-state index contributed by atoms with van der Waals surface area (Å²) in [7, 11) is -3.91. The molecule has 1 aliphatic rings. The number of alkyl halides is 6. The smallest absolute Gasteiger partial charge is 0.339 e. The van der Waals surface area contributed by atoms with Crippen LogP contribution in [0.4, 0.5) is 55.2 Å². The number of anilines is 5. The second-order valence-corrected chi connectivity index (χ2v) is 12.4. The Morgan fingerprint density at radius 3 is 2.18 bits per heavy atom. The molecule has 0 aliphatic carbocycles. The number of benzene rings is 3. The van der Waals surface area contributed by atoms with Crippen LogP contribution in [0.25, 0.3) is 10.9 Å². The number of carbonyl (C=O) groups excluding carboxylic acids is 2. The van der Waals surface area contributed by atoms with E-state index in [1.165, 1.54) is 6.20 Å². The molecule has 3 N–H and O–H groups in total. The number of nitrogens with zero attached hydrogens (tertiary/aromatic N) is 3. The molecular weight excluding hydrogens is 702 g/mol. The fourth-order valence-corrected chi connectivity index (χ4v) is 6.01. The van der Waals surface area contributed by atoms with E-state index in [9.17, 15) is 44.3 Å². The fraction of sp³-hybridized carbons (Fsp3) is 0.129. The number of halogens is 7. The number of pyridine rings is 1. The number of nitrogens with one attached hydrogen (secondary N) is 3. The Bertz CT molecular complexity index is 2150. The number of rotatable bonds is 4. The fourth-order valence-electron chi connectivity index (χ4n) is 4.59. The zero-order valence-electron chi connectivity index (χ0n) is 24.5. The molecule has 0 spiro atoms. The number of ketones is 2. The van der Waals surface area contributed by atoms with E-state index >= 15 is 0 Å². The number of para-hydroxylation sites is 1. The molecular formula is C31H21ClF6N6O4S. The van der Waals surface area contributed by atoms with E-state index < -0.39 is 33.9 Å². The highest BCUT2D eigenvalue weighted by atomic mass is 35.5. The lowest BCUT2D eigenvalue weighted by molar-refractivity contribution is -0.193.